The molecule has 0 saturated carbocycles. The first kappa shape index (κ1) is 23.9. The molecule has 33 heavy (non-hydrogen) atoms. The average molecular weight is 461 g/mol. The van der Waals surface area contributed by atoms with E-state index in [2.05, 4.69) is 16.7 Å². The Balaban J connectivity index is 1.58. The number of rotatable bonds is 9. The van der Waals surface area contributed by atoms with Crippen molar-refractivity contribution in [2.24, 2.45) is 0 Å². The monoisotopic (exact) mass is 460 g/mol. The summed E-state index contributed by atoms with van der Waals surface area (Å²) in [7, 11) is 0. The van der Waals surface area contributed by atoms with E-state index in [9.17, 15) is 9.59 Å². The molecule has 9 nitrogen and oxygen atoms in total. The van der Waals surface area contributed by atoms with E-state index >= 15 is 0 Å². The molecule has 0 aromatic heterocycles. The topological polar surface area (TPSA) is 74.8 Å². The summed E-state index contributed by atoms with van der Waals surface area (Å²) in [4.78, 5) is 34.8. The Hall–Kier alpha value is -2.20. The van der Waals surface area contributed by atoms with Crippen LogP contribution in [0.25, 0.3) is 0 Å². The van der Waals surface area contributed by atoms with Crippen molar-refractivity contribution in [3.8, 4) is 5.75 Å². The molecule has 1 aromatic rings. The third-order valence-electron chi connectivity index (χ3n) is 6.74. The Kier molecular flexibility index (Phi) is 7.85. The minimum absolute atomic E-state index is 0.188. The highest BCUT2D eigenvalue weighted by Gasteiger charge is 2.56. The summed E-state index contributed by atoms with van der Waals surface area (Å²) in [5.74, 6) is 0.587. The summed E-state index contributed by atoms with van der Waals surface area (Å²) in [5, 5.41) is 0. The number of morpholine rings is 2. The van der Waals surface area contributed by atoms with E-state index in [1.807, 2.05) is 31.2 Å². The van der Waals surface area contributed by atoms with Gasteiger partial charge in [0.25, 0.3) is 5.91 Å². The number of benzene rings is 1. The number of carbonyl (C=O) groups excluding carboxylic acids is 2. The molecule has 182 valence electrons. The van der Waals surface area contributed by atoms with Gasteiger partial charge in [0, 0.05) is 26.2 Å². The molecule has 1 atom stereocenters. The lowest BCUT2D eigenvalue weighted by molar-refractivity contribution is -0.135. The third-order valence-corrected chi connectivity index (χ3v) is 6.74. The Morgan fingerprint density at radius 2 is 1.48 bits per heavy atom. The first-order valence-electron chi connectivity index (χ1n) is 12.0. The summed E-state index contributed by atoms with van der Waals surface area (Å²) in [6.07, 6.45) is 2.07. The number of ether oxygens (including phenoxy) is 3. The van der Waals surface area contributed by atoms with Crippen molar-refractivity contribution < 1.29 is 23.8 Å². The molecular weight excluding hydrogens is 424 g/mol. The number of hydrogen-bond donors (Lipinski definition) is 0. The number of nitrogens with zero attached hydrogens (tertiary/aromatic N) is 4. The second kappa shape index (κ2) is 10.8. The molecule has 9 heteroatoms. The van der Waals surface area contributed by atoms with Gasteiger partial charge in [0.2, 0.25) is 0 Å². The number of unbranched alkanes of at least 4 members (excludes halogenated alkanes) is 1. The number of urea groups is 1. The molecular formula is C24H36N4O5. The van der Waals surface area contributed by atoms with Crippen molar-refractivity contribution >= 4 is 11.9 Å². The highest BCUT2D eigenvalue weighted by molar-refractivity contribution is 6.07. The first-order chi connectivity index (χ1) is 16.0. The van der Waals surface area contributed by atoms with Crippen molar-refractivity contribution in [1.29, 1.82) is 0 Å². The van der Waals surface area contributed by atoms with Crippen LogP contribution in [0, 0.1) is 0 Å². The summed E-state index contributed by atoms with van der Waals surface area (Å²) in [6, 6.07) is 7.37. The molecule has 0 N–H and O–H groups in total. The molecule has 3 aliphatic heterocycles. The summed E-state index contributed by atoms with van der Waals surface area (Å²) < 4.78 is 16.7. The lowest BCUT2D eigenvalue weighted by Gasteiger charge is -2.37. The maximum absolute atomic E-state index is 13.8. The zero-order chi connectivity index (χ0) is 23.3. The van der Waals surface area contributed by atoms with Crippen molar-refractivity contribution in [3.05, 3.63) is 29.8 Å². The van der Waals surface area contributed by atoms with E-state index in [1.165, 1.54) is 4.90 Å². The average Bonchev–Trinajstić information content (AvgIpc) is 3.02. The Labute approximate surface area is 196 Å². The van der Waals surface area contributed by atoms with E-state index in [1.54, 1.807) is 4.90 Å². The minimum Gasteiger partial charge on any atom is -0.494 e. The smallest absolute Gasteiger partial charge is 0.330 e. The number of amides is 3. The fourth-order valence-electron chi connectivity index (χ4n) is 4.50. The molecule has 3 heterocycles. The summed E-state index contributed by atoms with van der Waals surface area (Å²) >= 11 is 0. The van der Waals surface area contributed by atoms with Crippen LogP contribution in [0.1, 0.15) is 32.3 Å². The van der Waals surface area contributed by atoms with E-state index in [4.69, 9.17) is 14.2 Å². The Morgan fingerprint density at radius 3 is 2.06 bits per heavy atom. The van der Waals surface area contributed by atoms with Gasteiger partial charge in [-0.2, -0.15) is 0 Å². The van der Waals surface area contributed by atoms with Crippen molar-refractivity contribution in [2.75, 3.05) is 72.6 Å². The molecule has 4 rings (SSSR count). The second-order valence-corrected chi connectivity index (χ2v) is 8.99. The van der Waals surface area contributed by atoms with Crippen LogP contribution < -0.4 is 4.74 Å². The largest absolute Gasteiger partial charge is 0.494 e. The molecule has 0 spiro atoms. The molecule has 0 radical (unpaired) electrons. The van der Waals surface area contributed by atoms with Gasteiger partial charge < -0.3 is 14.2 Å². The molecule has 3 aliphatic rings. The van der Waals surface area contributed by atoms with Gasteiger partial charge in [-0.3, -0.25) is 19.5 Å². The van der Waals surface area contributed by atoms with E-state index in [-0.39, 0.29) is 18.6 Å². The highest BCUT2D eigenvalue weighted by Crippen LogP contribution is 2.38. The van der Waals surface area contributed by atoms with Crippen LogP contribution in [-0.4, -0.2) is 104 Å². The van der Waals surface area contributed by atoms with E-state index in [0.717, 1.165) is 37.2 Å². The first-order valence-corrected chi connectivity index (χ1v) is 12.0. The van der Waals surface area contributed by atoms with Crippen LogP contribution in [0.4, 0.5) is 4.79 Å². The fourth-order valence-corrected chi connectivity index (χ4v) is 4.50. The van der Waals surface area contributed by atoms with Crippen LogP contribution >= 0.6 is 0 Å². The Morgan fingerprint density at radius 1 is 0.909 bits per heavy atom. The van der Waals surface area contributed by atoms with Crippen LogP contribution in [0.3, 0.4) is 0 Å². The van der Waals surface area contributed by atoms with Crippen LogP contribution in [-0.2, 0) is 19.8 Å². The predicted octanol–water partition coefficient (Wildman–Crippen LogP) is 1.92. The normalized spacial score (nSPS) is 25.2. The van der Waals surface area contributed by atoms with Gasteiger partial charge in [-0.25, -0.2) is 9.69 Å². The molecule has 1 aromatic carbocycles. The van der Waals surface area contributed by atoms with Crippen LogP contribution in [0.15, 0.2) is 24.3 Å². The van der Waals surface area contributed by atoms with Crippen molar-refractivity contribution in [3.63, 3.8) is 0 Å². The molecule has 3 fully saturated rings. The van der Waals surface area contributed by atoms with Crippen molar-refractivity contribution in [2.45, 2.75) is 32.2 Å². The van der Waals surface area contributed by atoms with Gasteiger partial charge in [0.1, 0.15) is 11.3 Å². The SMILES string of the molecule is CCCCOc1ccc([C@]2(C)C(=O)N(CN3CCOCC3)C(=O)N2CN2CCOCC2)cc1. The van der Waals surface area contributed by atoms with Gasteiger partial charge in [-0.15, -0.1) is 0 Å². The lowest BCUT2D eigenvalue weighted by atomic mass is 9.90. The van der Waals surface area contributed by atoms with Crippen LogP contribution in [0.5, 0.6) is 5.75 Å². The fraction of sp³-hybridized carbons (Fsp3) is 0.667. The zero-order valence-electron chi connectivity index (χ0n) is 19.8. The molecule has 0 bridgehead atoms. The van der Waals surface area contributed by atoms with E-state index in [0.29, 0.717) is 52.8 Å². The molecule has 3 saturated heterocycles. The minimum atomic E-state index is -1.08. The van der Waals surface area contributed by atoms with Gasteiger partial charge in [-0.05, 0) is 31.0 Å². The number of hydrogen-bond acceptors (Lipinski definition) is 7. The maximum Gasteiger partial charge on any atom is 0.330 e. The van der Waals surface area contributed by atoms with E-state index < -0.39 is 5.54 Å². The van der Waals surface area contributed by atoms with Crippen molar-refractivity contribution in [1.82, 2.24) is 19.6 Å². The molecule has 3 amide bonds. The predicted molar refractivity (Wildman–Crippen MR) is 123 cm³/mol. The zero-order valence-corrected chi connectivity index (χ0v) is 19.8. The second-order valence-electron chi connectivity index (χ2n) is 8.99. The third kappa shape index (κ3) is 5.16. The van der Waals surface area contributed by atoms with Gasteiger partial charge >= 0.3 is 6.03 Å². The quantitative estimate of drug-likeness (QED) is 0.412. The Bertz CT molecular complexity index is 808. The molecule has 0 aliphatic carbocycles. The van der Waals surface area contributed by atoms with Gasteiger partial charge in [0.15, 0.2) is 0 Å². The standard InChI is InChI=1S/C24H36N4O5/c1-3-4-13-33-21-7-5-20(6-8-21)24(2)22(29)27(18-25-9-14-31-15-10-25)23(30)28(24)19-26-11-16-32-17-12-26/h5-8H,3-4,9-19H2,1-2H3/t24-/m1/s1. The summed E-state index contributed by atoms with van der Waals surface area (Å²) in [5.41, 5.74) is -0.287. The number of carbonyl (C=O) groups is 2. The number of imide groups is 1. The lowest BCUT2D eigenvalue weighted by Crippen LogP contribution is -2.51. The maximum atomic E-state index is 13.8. The summed E-state index contributed by atoms with van der Waals surface area (Å²) in [6.45, 7) is 10.7. The van der Waals surface area contributed by atoms with Gasteiger partial charge in [0.05, 0.1) is 46.4 Å². The van der Waals surface area contributed by atoms with Gasteiger partial charge in [-0.1, -0.05) is 25.5 Å². The highest BCUT2D eigenvalue weighted by atomic mass is 16.5. The molecule has 0 unspecified atom stereocenters. The van der Waals surface area contributed by atoms with Crippen LogP contribution in [0.2, 0.25) is 0 Å².